The zero-order chi connectivity index (χ0) is 13.4. The van der Waals surface area contributed by atoms with E-state index in [0.717, 1.165) is 0 Å². The highest BCUT2D eigenvalue weighted by atomic mass is 16.4. The summed E-state index contributed by atoms with van der Waals surface area (Å²) in [5.41, 5.74) is 0. The molecule has 0 aliphatic carbocycles. The molecule has 1 amide bonds. The summed E-state index contributed by atoms with van der Waals surface area (Å²) in [7, 11) is 0. The quantitative estimate of drug-likeness (QED) is 0.217. The van der Waals surface area contributed by atoms with Gasteiger partial charge in [0, 0.05) is 13.2 Å². The van der Waals surface area contributed by atoms with Crippen molar-refractivity contribution < 1.29 is 35.4 Å². The molecule has 0 heterocycles. The van der Waals surface area contributed by atoms with Gasteiger partial charge in [-0.1, -0.05) is 0 Å². The van der Waals surface area contributed by atoms with Gasteiger partial charge in [-0.2, -0.15) is 0 Å². The molecule has 0 aromatic carbocycles. The molecule has 0 aromatic heterocycles. The summed E-state index contributed by atoms with van der Waals surface area (Å²) in [6.07, 6.45) is -7.03. The molecule has 0 bridgehead atoms. The molecule has 0 aliphatic rings. The Labute approximate surface area is 98.1 Å². The van der Waals surface area contributed by atoms with Crippen LogP contribution < -0.4 is 5.32 Å². The molecule has 4 atom stereocenters. The lowest BCUT2D eigenvalue weighted by atomic mass is 10.0. The van der Waals surface area contributed by atoms with Crippen molar-refractivity contribution in [2.45, 2.75) is 30.8 Å². The number of carbonyl (C=O) groups is 1. The van der Waals surface area contributed by atoms with Crippen LogP contribution in [0, 0.1) is 0 Å². The van der Waals surface area contributed by atoms with Gasteiger partial charge in [0.25, 0.3) is 5.91 Å². The predicted molar refractivity (Wildman–Crippen MR) is 55.8 cm³/mol. The van der Waals surface area contributed by atoms with Crippen molar-refractivity contribution in [3.8, 4) is 0 Å². The number of carbonyl (C=O) groups excluding carboxylic acids is 1. The molecule has 0 spiro atoms. The van der Waals surface area contributed by atoms with Crippen LogP contribution in [0.5, 0.6) is 0 Å². The first-order chi connectivity index (χ1) is 7.95. The Bertz CT molecular complexity index is 225. The van der Waals surface area contributed by atoms with Crippen LogP contribution in [-0.2, 0) is 4.79 Å². The minimum absolute atomic E-state index is 0.109. The third-order valence-corrected chi connectivity index (χ3v) is 2.16. The van der Waals surface area contributed by atoms with Gasteiger partial charge in [0.15, 0.2) is 6.10 Å². The van der Waals surface area contributed by atoms with Gasteiger partial charge in [-0.25, -0.2) is 0 Å². The monoisotopic (exact) mass is 253 g/mol. The van der Waals surface area contributed by atoms with E-state index in [-0.39, 0.29) is 19.6 Å². The van der Waals surface area contributed by atoms with Crippen LogP contribution in [0.1, 0.15) is 6.42 Å². The molecule has 0 saturated heterocycles. The summed E-state index contributed by atoms with van der Waals surface area (Å²) in [6, 6.07) is 0. The number of hydrogen-bond donors (Lipinski definition) is 7. The molecule has 0 saturated carbocycles. The molecule has 0 unspecified atom stereocenters. The molecule has 0 aromatic rings. The van der Waals surface area contributed by atoms with Crippen molar-refractivity contribution in [3.63, 3.8) is 0 Å². The Balaban J connectivity index is 4.18. The molecular formula is C9H19NO7. The van der Waals surface area contributed by atoms with Crippen molar-refractivity contribution in [1.82, 2.24) is 5.32 Å². The summed E-state index contributed by atoms with van der Waals surface area (Å²) in [5.74, 6) is -0.935. The summed E-state index contributed by atoms with van der Waals surface area (Å²) >= 11 is 0. The number of aliphatic hydroxyl groups excluding tert-OH is 6. The first-order valence-corrected chi connectivity index (χ1v) is 5.17. The largest absolute Gasteiger partial charge is 0.396 e. The van der Waals surface area contributed by atoms with Gasteiger partial charge < -0.3 is 36.0 Å². The Hall–Kier alpha value is -0.770. The van der Waals surface area contributed by atoms with E-state index in [9.17, 15) is 20.1 Å². The van der Waals surface area contributed by atoms with E-state index in [1.165, 1.54) is 0 Å². The Kier molecular flexibility index (Phi) is 7.96. The second-order valence-corrected chi connectivity index (χ2v) is 3.54. The summed E-state index contributed by atoms with van der Waals surface area (Å²) in [6.45, 7) is -0.834. The van der Waals surface area contributed by atoms with Crippen LogP contribution in [0.25, 0.3) is 0 Å². The van der Waals surface area contributed by atoms with Gasteiger partial charge in [0.05, 0.1) is 6.61 Å². The van der Waals surface area contributed by atoms with Crippen LogP contribution >= 0.6 is 0 Å². The highest BCUT2D eigenvalue weighted by Gasteiger charge is 2.33. The normalized spacial score (nSPS) is 18.2. The fourth-order valence-corrected chi connectivity index (χ4v) is 1.07. The zero-order valence-corrected chi connectivity index (χ0v) is 9.23. The highest BCUT2D eigenvalue weighted by Crippen LogP contribution is 2.05. The lowest BCUT2D eigenvalue weighted by Gasteiger charge is -2.24. The van der Waals surface area contributed by atoms with E-state index in [2.05, 4.69) is 5.32 Å². The van der Waals surface area contributed by atoms with Crippen LogP contribution in [0.4, 0.5) is 0 Å². The average molecular weight is 253 g/mol. The lowest BCUT2D eigenvalue weighted by Crippen LogP contribution is -2.51. The maximum Gasteiger partial charge on any atom is 0.251 e. The van der Waals surface area contributed by atoms with Gasteiger partial charge in [-0.3, -0.25) is 4.79 Å². The highest BCUT2D eigenvalue weighted by molar-refractivity contribution is 5.81. The molecular weight excluding hydrogens is 234 g/mol. The first kappa shape index (κ1) is 16.2. The second-order valence-electron chi connectivity index (χ2n) is 3.54. The fraction of sp³-hybridized carbons (Fsp3) is 0.889. The van der Waals surface area contributed by atoms with Crippen LogP contribution in [0.2, 0.25) is 0 Å². The molecule has 7 N–H and O–H groups in total. The molecule has 0 fully saturated rings. The summed E-state index contributed by atoms with van der Waals surface area (Å²) < 4.78 is 0. The van der Waals surface area contributed by atoms with E-state index in [1.54, 1.807) is 0 Å². The molecule has 0 rings (SSSR count). The van der Waals surface area contributed by atoms with E-state index in [4.69, 9.17) is 15.3 Å². The number of amides is 1. The van der Waals surface area contributed by atoms with Crippen molar-refractivity contribution in [2.24, 2.45) is 0 Å². The van der Waals surface area contributed by atoms with Gasteiger partial charge in [0.1, 0.15) is 18.3 Å². The number of nitrogens with one attached hydrogen (secondary N) is 1. The third kappa shape index (κ3) is 5.39. The Morgan fingerprint density at radius 2 is 1.65 bits per heavy atom. The van der Waals surface area contributed by atoms with Crippen LogP contribution in [0.3, 0.4) is 0 Å². The molecule has 17 heavy (non-hydrogen) atoms. The van der Waals surface area contributed by atoms with Gasteiger partial charge in [-0.15, -0.1) is 0 Å². The zero-order valence-electron chi connectivity index (χ0n) is 9.23. The molecule has 8 nitrogen and oxygen atoms in total. The van der Waals surface area contributed by atoms with Crippen LogP contribution in [0.15, 0.2) is 0 Å². The molecule has 102 valence electrons. The smallest absolute Gasteiger partial charge is 0.251 e. The SMILES string of the molecule is O=C(NCCCO)[C@H](O)[C@@H](O)[C@H](O)[C@H](O)CO. The van der Waals surface area contributed by atoms with E-state index in [0.29, 0.717) is 0 Å². The van der Waals surface area contributed by atoms with Gasteiger partial charge in [-0.05, 0) is 6.42 Å². The van der Waals surface area contributed by atoms with Crippen molar-refractivity contribution in [3.05, 3.63) is 0 Å². The van der Waals surface area contributed by atoms with E-state index >= 15 is 0 Å². The Morgan fingerprint density at radius 3 is 2.12 bits per heavy atom. The van der Waals surface area contributed by atoms with Crippen molar-refractivity contribution in [2.75, 3.05) is 19.8 Å². The van der Waals surface area contributed by atoms with Gasteiger partial charge >= 0.3 is 0 Å². The van der Waals surface area contributed by atoms with Crippen LogP contribution in [-0.4, -0.2) is 80.7 Å². The number of aliphatic hydroxyl groups is 6. The van der Waals surface area contributed by atoms with Crippen molar-refractivity contribution in [1.29, 1.82) is 0 Å². The minimum atomic E-state index is -1.93. The second kappa shape index (κ2) is 8.34. The number of hydrogen-bond acceptors (Lipinski definition) is 7. The topological polar surface area (TPSA) is 150 Å². The maximum absolute atomic E-state index is 11.2. The van der Waals surface area contributed by atoms with Crippen molar-refractivity contribution >= 4 is 5.91 Å². The molecule has 0 aliphatic heterocycles. The molecule has 8 heteroatoms. The fourth-order valence-electron chi connectivity index (χ4n) is 1.07. The Morgan fingerprint density at radius 1 is 1.06 bits per heavy atom. The summed E-state index contributed by atoms with van der Waals surface area (Å²) in [4.78, 5) is 11.2. The van der Waals surface area contributed by atoms with E-state index in [1.807, 2.05) is 0 Å². The number of rotatable bonds is 8. The van der Waals surface area contributed by atoms with Gasteiger partial charge in [0.2, 0.25) is 0 Å². The van der Waals surface area contributed by atoms with E-state index < -0.39 is 36.9 Å². The minimum Gasteiger partial charge on any atom is -0.396 e. The predicted octanol–water partition coefficient (Wildman–Crippen LogP) is -4.08. The standard InChI is InChI=1S/C9H19NO7/c11-3-1-2-10-9(17)8(16)7(15)6(14)5(13)4-12/h5-8,11-16H,1-4H2,(H,10,17)/t5-,6-,7+,8-/m1/s1. The average Bonchev–Trinajstić information content (AvgIpc) is 2.35. The molecule has 0 radical (unpaired) electrons. The lowest BCUT2D eigenvalue weighted by molar-refractivity contribution is -0.148. The third-order valence-electron chi connectivity index (χ3n) is 2.16. The maximum atomic E-state index is 11.2. The first-order valence-electron chi connectivity index (χ1n) is 5.17. The summed E-state index contributed by atoms with van der Waals surface area (Å²) in [5, 5.41) is 56.1.